The summed E-state index contributed by atoms with van der Waals surface area (Å²) in [6.45, 7) is 10.3. The first-order valence-corrected chi connectivity index (χ1v) is 24.9. The summed E-state index contributed by atoms with van der Waals surface area (Å²) in [5.41, 5.74) is 25.4. The summed E-state index contributed by atoms with van der Waals surface area (Å²) in [7, 11) is 0. The first-order valence-electron chi connectivity index (χ1n) is 24.9. The number of anilines is 4. The van der Waals surface area contributed by atoms with E-state index in [1.165, 1.54) is 11.9 Å². The minimum atomic E-state index is -0.109. The molecule has 2 aromatic carbocycles. The Morgan fingerprint density at radius 3 is 2.22 bits per heavy atom. The SMILES string of the molecule is NCCOCCC(=O)NCc1cnc(N2CCN(C(=O)CCOCCN3CCN(c4ncc(C(=O)N5CCc6cc(Cn7nc(-c8ccc9oc(N)nc9c8)c8c(N)ncnc87)ccc6C5)cn4)CC3)CC2)nc1. The molecule has 0 bridgehead atoms. The lowest BCUT2D eigenvalue weighted by molar-refractivity contribution is -0.132. The van der Waals surface area contributed by atoms with Crippen molar-refractivity contribution < 1.29 is 28.3 Å². The fourth-order valence-electron chi connectivity index (χ4n) is 9.45. The molecule has 0 unspecified atom stereocenters. The van der Waals surface area contributed by atoms with Crippen molar-refractivity contribution >= 4 is 63.6 Å². The number of carbonyl (C=O) groups is 3. The van der Waals surface area contributed by atoms with E-state index >= 15 is 0 Å². The Hall–Kier alpha value is -7.93. The van der Waals surface area contributed by atoms with Gasteiger partial charge >= 0.3 is 0 Å². The molecule has 3 aliphatic heterocycles. The quantitative estimate of drug-likeness (QED) is 0.0834. The number of fused-ring (bicyclic) bond motifs is 3. The number of ether oxygens (including phenoxy) is 2. The van der Waals surface area contributed by atoms with E-state index in [4.69, 9.17) is 36.2 Å². The van der Waals surface area contributed by atoms with Crippen molar-refractivity contribution in [2.75, 3.05) is 120 Å². The minimum Gasteiger partial charge on any atom is -0.424 e. The average Bonchev–Trinajstić information content (AvgIpc) is 4.01. The van der Waals surface area contributed by atoms with Crippen LogP contribution in [0.15, 0.2) is 71.9 Å². The van der Waals surface area contributed by atoms with E-state index < -0.39 is 0 Å². The molecule has 8 heterocycles. The summed E-state index contributed by atoms with van der Waals surface area (Å²) in [5, 5.41) is 8.45. The number of nitrogens with one attached hydrogen (secondary N) is 1. The third-order valence-electron chi connectivity index (χ3n) is 13.5. The Kier molecular flexibility index (Phi) is 15.3. The fraction of sp³-hybridized carbons (Fsp3) is 0.420. The molecule has 74 heavy (non-hydrogen) atoms. The van der Waals surface area contributed by atoms with Gasteiger partial charge in [0.25, 0.3) is 11.9 Å². The van der Waals surface area contributed by atoms with E-state index in [9.17, 15) is 14.4 Å². The molecule has 7 aromatic rings. The first-order chi connectivity index (χ1) is 36.1. The van der Waals surface area contributed by atoms with Gasteiger partial charge in [-0.25, -0.2) is 34.6 Å². The smallest absolute Gasteiger partial charge is 0.292 e. The number of oxazole rings is 1. The van der Waals surface area contributed by atoms with Crippen LogP contribution in [0.2, 0.25) is 0 Å². The molecule has 0 aliphatic carbocycles. The molecule has 2 saturated heterocycles. The van der Waals surface area contributed by atoms with Crippen LogP contribution in [0.4, 0.5) is 23.7 Å². The van der Waals surface area contributed by atoms with Crippen molar-refractivity contribution in [1.29, 1.82) is 0 Å². The predicted octanol–water partition coefficient (Wildman–Crippen LogP) is 1.48. The normalized spacial score (nSPS) is 15.3. The number of aromatic nitrogens is 9. The van der Waals surface area contributed by atoms with Crippen molar-refractivity contribution in [3.8, 4) is 11.3 Å². The fourth-order valence-corrected chi connectivity index (χ4v) is 9.45. The maximum absolute atomic E-state index is 13.7. The van der Waals surface area contributed by atoms with Gasteiger partial charge in [-0.3, -0.25) is 19.3 Å². The van der Waals surface area contributed by atoms with Crippen molar-refractivity contribution in [3.05, 3.63) is 95.3 Å². The van der Waals surface area contributed by atoms with Crippen molar-refractivity contribution in [2.45, 2.75) is 38.9 Å². The second kappa shape index (κ2) is 22.9. The lowest BCUT2D eigenvalue weighted by Gasteiger charge is -2.35. The third kappa shape index (κ3) is 11.6. The number of hydrogen-bond donors (Lipinski definition) is 4. The van der Waals surface area contributed by atoms with Gasteiger partial charge in [-0.05, 0) is 41.3 Å². The van der Waals surface area contributed by atoms with Crippen LogP contribution in [0.25, 0.3) is 33.4 Å². The molecule has 24 nitrogen and oxygen atoms in total. The summed E-state index contributed by atoms with van der Waals surface area (Å²) in [6.07, 6.45) is 9.43. The highest BCUT2D eigenvalue weighted by molar-refractivity contribution is 5.99. The summed E-state index contributed by atoms with van der Waals surface area (Å²) in [6, 6.07) is 12.0. The van der Waals surface area contributed by atoms with Crippen LogP contribution in [-0.4, -0.2) is 176 Å². The van der Waals surface area contributed by atoms with E-state index in [2.05, 4.69) is 73.1 Å². The van der Waals surface area contributed by atoms with Gasteiger partial charge in [-0.2, -0.15) is 10.1 Å². The number of nitrogens with zero attached hydrogens (tertiary/aromatic N) is 14. The zero-order valence-electron chi connectivity index (χ0n) is 41.1. The van der Waals surface area contributed by atoms with E-state index in [-0.39, 0.29) is 30.2 Å². The molecule has 0 spiro atoms. The lowest BCUT2D eigenvalue weighted by Crippen LogP contribution is -2.49. The van der Waals surface area contributed by atoms with Crippen molar-refractivity contribution in [2.24, 2.45) is 5.73 Å². The van der Waals surface area contributed by atoms with Crippen molar-refractivity contribution in [3.63, 3.8) is 0 Å². The number of amides is 3. The number of benzene rings is 2. The van der Waals surface area contributed by atoms with Gasteiger partial charge < -0.3 is 56.0 Å². The second-order valence-corrected chi connectivity index (χ2v) is 18.4. The Morgan fingerprint density at radius 1 is 0.716 bits per heavy atom. The van der Waals surface area contributed by atoms with Gasteiger partial charge in [0, 0.05) is 127 Å². The molecule has 5 aromatic heterocycles. The maximum Gasteiger partial charge on any atom is 0.292 e. The molecule has 0 atom stereocenters. The van der Waals surface area contributed by atoms with Crippen LogP contribution in [0, 0.1) is 0 Å². The largest absolute Gasteiger partial charge is 0.424 e. The second-order valence-electron chi connectivity index (χ2n) is 18.4. The van der Waals surface area contributed by atoms with Gasteiger partial charge in [0.05, 0.1) is 50.3 Å². The monoisotopic (exact) mass is 1010 g/mol. The zero-order valence-corrected chi connectivity index (χ0v) is 41.1. The minimum absolute atomic E-state index is 0.0736. The van der Waals surface area contributed by atoms with E-state index in [0.29, 0.717) is 149 Å². The topological polar surface area (TPSA) is 297 Å². The molecule has 3 aliphatic rings. The Labute approximate surface area is 426 Å². The molecule has 24 heteroatoms. The molecule has 2 fully saturated rings. The number of hydrogen-bond acceptors (Lipinski definition) is 20. The van der Waals surface area contributed by atoms with Crippen molar-refractivity contribution in [1.82, 2.24) is 64.7 Å². The highest BCUT2D eigenvalue weighted by atomic mass is 16.5. The number of carbonyl (C=O) groups excluding carboxylic acids is 3. The van der Waals surface area contributed by atoms with E-state index in [1.54, 1.807) is 30.9 Å². The zero-order chi connectivity index (χ0) is 51.0. The highest BCUT2D eigenvalue weighted by Gasteiger charge is 2.26. The standard InChI is InChI=1S/C50H60N18O6/c51-8-21-72-19-6-41(69)54-25-34-26-55-49(56-27-34)66-16-14-64(15-17-66)42(70)7-20-73-22-18-63-10-12-65(13-11-63)50-57-28-38(29-58-50)47(71)67-9-5-35-23-33(1-2-37(35)31-67)30-68-46-43(45(52)59-32-60-46)44(62-68)36-3-4-40-39(24-36)61-48(53)74-40/h1-4,23-24,26-29,32H,5-22,25,30-31,51H2,(H2,53,61)(H,54,69)(H2,52,59,60). The molecule has 10 rings (SSSR count). The number of nitrogens with two attached hydrogens (primary N) is 3. The first kappa shape index (κ1) is 49.6. The number of rotatable bonds is 19. The molecular weight excluding hydrogens is 949 g/mol. The van der Waals surface area contributed by atoms with E-state index in [1.807, 2.05) is 26.6 Å². The molecule has 386 valence electrons. The van der Waals surface area contributed by atoms with Gasteiger partial charge in [0.15, 0.2) is 11.2 Å². The number of nitrogen functional groups attached to an aromatic ring is 2. The lowest BCUT2D eigenvalue weighted by atomic mass is 9.97. The molecule has 0 radical (unpaired) electrons. The Balaban J connectivity index is 0.623. The van der Waals surface area contributed by atoms with E-state index in [0.717, 1.165) is 55.0 Å². The molecule has 0 saturated carbocycles. The average molecular weight is 1010 g/mol. The van der Waals surface area contributed by atoms with Gasteiger partial charge in [-0.1, -0.05) is 18.2 Å². The maximum atomic E-state index is 13.7. The molecule has 7 N–H and O–H groups in total. The highest BCUT2D eigenvalue weighted by Crippen LogP contribution is 2.33. The molecular formula is C50H60N18O6. The van der Waals surface area contributed by atoms with Crippen LogP contribution in [0.1, 0.15) is 45.5 Å². The van der Waals surface area contributed by atoms with Crippen LogP contribution in [0.5, 0.6) is 0 Å². The van der Waals surface area contributed by atoms with Gasteiger partial charge in [0.2, 0.25) is 23.7 Å². The summed E-state index contributed by atoms with van der Waals surface area (Å²) in [4.78, 5) is 80.2. The van der Waals surface area contributed by atoms with Crippen LogP contribution < -0.4 is 32.3 Å². The van der Waals surface area contributed by atoms with Crippen LogP contribution >= 0.6 is 0 Å². The van der Waals surface area contributed by atoms with Gasteiger partial charge in [-0.15, -0.1) is 0 Å². The Bertz CT molecular complexity index is 3080. The summed E-state index contributed by atoms with van der Waals surface area (Å²) >= 11 is 0. The Morgan fingerprint density at radius 2 is 1.45 bits per heavy atom. The van der Waals surface area contributed by atoms with Gasteiger partial charge in [0.1, 0.15) is 23.4 Å². The number of piperazine rings is 2. The predicted molar refractivity (Wildman–Crippen MR) is 274 cm³/mol. The molecule has 3 amide bonds. The van der Waals surface area contributed by atoms with Crippen LogP contribution in [-0.2, 0) is 45.1 Å². The van der Waals surface area contributed by atoms with Crippen LogP contribution in [0.3, 0.4) is 0 Å². The third-order valence-corrected chi connectivity index (χ3v) is 13.5. The summed E-state index contributed by atoms with van der Waals surface area (Å²) < 4.78 is 18.4. The summed E-state index contributed by atoms with van der Waals surface area (Å²) in [5.74, 6) is 1.40.